The van der Waals surface area contributed by atoms with Crippen LogP contribution in [-0.4, -0.2) is 49.6 Å². The molecule has 1 N–H and O–H groups in total. The fourth-order valence-electron chi connectivity index (χ4n) is 2.90. The number of hydrogen-bond donors (Lipinski definition) is 1. The Morgan fingerprint density at radius 1 is 1.24 bits per heavy atom. The molecule has 0 unspecified atom stereocenters. The van der Waals surface area contributed by atoms with E-state index in [-0.39, 0.29) is 0 Å². The molecule has 1 aliphatic rings. The van der Waals surface area contributed by atoms with Crippen molar-refractivity contribution in [3.63, 3.8) is 0 Å². The minimum atomic E-state index is 0.678. The van der Waals surface area contributed by atoms with Crippen molar-refractivity contribution in [2.24, 2.45) is 5.92 Å². The molecule has 1 aromatic rings. The summed E-state index contributed by atoms with van der Waals surface area (Å²) >= 11 is 0. The molecule has 1 aromatic heterocycles. The maximum atomic E-state index is 5.93. The predicted octanol–water partition coefficient (Wildman–Crippen LogP) is 2.55. The first-order chi connectivity index (χ1) is 10.0. The third kappa shape index (κ3) is 5.46. The monoisotopic (exact) mass is 293 g/mol. The van der Waals surface area contributed by atoms with Gasteiger partial charge in [0.15, 0.2) is 0 Å². The number of nitrogens with zero attached hydrogens (tertiary/aromatic N) is 2. The number of rotatable bonds is 7. The summed E-state index contributed by atoms with van der Waals surface area (Å²) in [7, 11) is 4.37. The minimum Gasteiger partial charge on any atom is -0.463 e. The maximum absolute atomic E-state index is 5.93. The van der Waals surface area contributed by atoms with E-state index in [4.69, 9.17) is 4.42 Å². The SMILES string of the molecule is CC(C)CNCc1ccc(CN2CCC(N(C)C)CC2)o1. The van der Waals surface area contributed by atoms with Crippen molar-refractivity contribution in [2.75, 3.05) is 33.7 Å². The fourth-order valence-corrected chi connectivity index (χ4v) is 2.90. The fraction of sp³-hybridized carbons (Fsp3) is 0.765. The van der Waals surface area contributed by atoms with Crippen LogP contribution in [-0.2, 0) is 13.1 Å². The van der Waals surface area contributed by atoms with Gasteiger partial charge in [0.1, 0.15) is 11.5 Å². The number of likely N-dealkylation sites (tertiary alicyclic amines) is 1. The average Bonchev–Trinajstić information content (AvgIpc) is 2.86. The molecule has 0 radical (unpaired) electrons. The standard InChI is InChI=1S/C17H31N3O/c1-14(2)11-18-12-16-5-6-17(21-16)13-20-9-7-15(8-10-20)19(3)4/h5-6,14-15,18H,7-13H2,1-4H3. The molecule has 4 heteroatoms. The summed E-state index contributed by atoms with van der Waals surface area (Å²) in [5, 5.41) is 3.42. The topological polar surface area (TPSA) is 31.6 Å². The Labute approximate surface area is 129 Å². The molecule has 0 spiro atoms. The molecule has 0 aromatic carbocycles. The van der Waals surface area contributed by atoms with Crippen molar-refractivity contribution in [3.8, 4) is 0 Å². The second-order valence-corrected chi connectivity index (χ2v) is 6.86. The Morgan fingerprint density at radius 2 is 1.90 bits per heavy atom. The van der Waals surface area contributed by atoms with E-state index in [0.29, 0.717) is 5.92 Å². The Hall–Kier alpha value is -0.840. The van der Waals surface area contributed by atoms with E-state index in [1.165, 1.54) is 25.9 Å². The zero-order valence-electron chi connectivity index (χ0n) is 14.1. The lowest BCUT2D eigenvalue weighted by Gasteiger charge is -2.34. The summed E-state index contributed by atoms with van der Waals surface area (Å²) in [6.07, 6.45) is 2.52. The normalized spacial score (nSPS) is 18.0. The van der Waals surface area contributed by atoms with Gasteiger partial charge in [0, 0.05) is 19.1 Å². The van der Waals surface area contributed by atoms with Gasteiger partial charge in [-0.05, 0) is 51.5 Å². The highest BCUT2D eigenvalue weighted by molar-refractivity contribution is 5.07. The molecule has 120 valence electrons. The van der Waals surface area contributed by atoms with Crippen molar-refractivity contribution in [2.45, 2.75) is 45.8 Å². The summed E-state index contributed by atoms with van der Waals surface area (Å²) in [6.45, 7) is 9.60. The maximum Gasteiger partial charge on any atom is 0.118 e. The summed E-state index contributed by atoms with van der Waals surface area (Å²) in [6, 6.07) is 4.98. The molecular weight excluding hydrogens is 262 g/mol. The molecule has 0 bridgehead atoms. The first-order valence-corrected chi connectivity index (χ1v) is 8.21. The Kier molecular flexibility index (Phi) is 6.27. The van der Waals surface area contributed by atoms with E-state index >= 15 is 0 Å². The molecular formula is C17H31N3O. The van der Waals surface area contributed by atoms with Crippen LogP contribution >= 0.6 is 0 Å². The van der Waals surface area contributed by atoms with Gasteiger partial charge < -0.3 is 14.6 Å². The summed E-state index contributed by atoms with van der Waals surface area (Å²) in [5.41, 5.74) is 0. The Bertz CT molecular complexity index is 406. The van der Waals surface area contributed by atoms with Crippen molar-refractivity contribution in [1.82, 2.24) is 15.1 Å². The van der Waals surface area contributed by atoms with Crippen molar-refractivity contribution >= 4 is 0 Å². The molecule has 1 saturated heterocycles. The van der Waals surface area contributed by atoms with Gasteiger partial charge in [-0.25, -0.2) is 0 Å². The molecule has 2 rings (SSSR count). The second kappa shape index (κ2) is 7.97. The van der Waals surface area contributed by atoms with Crippen LogP contribution in [0.1, 0.15) is 38.2 Å². The van der Waals surface area contributed by atoms with Crippen LogP contribution in [0.15, 0.2) is 16.5 Å². The number of nitrogens with one attached hydrogen (secondary N) is 1. The molecule has 0 saturated carbocycles. The van der Waals surface area contributed by atoms with Gasteiger partial charge in [-0.1, -0.05) is 13.8 Å². The smallest absolute Gasteiger partial charge is 0.118 e. The highest BCUT2D eigenvalue weighted by Crippen LogP contribution is 2.17. The predicted molar refractivity (Wildman–Crippen MR) is 87.2 cm³/mol. The zero-order chi connectivity index (χ0) is 15.2. The third-order valence-corrected chi connectivity index (χ3v) is 4.24. The van der Waals surface area contributed by atoms with Gasteiger partial charge in [-0.15, -0.1) is 0 Å². The first kappa shape index (κ1) is 16.5. The van der Waals surface area contributed by atoms with Crippen molar-refractivity contribution < 1.29 is 4.42 Å². The highest BCUT2D eigenvalue weighted by atomic mass is 16.3. The van der Waals surface area contributed by atoms with Gasteiger partial charge in [-0.2, -0.15) is 0 Å². The van der Waals surface area contributed by atoms with Gasteiger partial charge >= 0.3 is 0 Å². The largest absolute Gasteiger partial charge is 0.463 e. The van der Waals surface area contributed by atoms with Crippen LogP contribution in [0.2, 0.25) is 0 Å². The van der Waals surface area contributed by atoms with E-state index in [1.54, 1.807) is 0 Å². The first-order valence-electron chi connectivity index (χ1n) is 8.21. The quantitative estimate of drug-likeness (QED) is 0.837. The zero-order valence-corrected chi connectivity index (χ0v) is 14.1. The van der Waals surface area contributed by atoms with Gasteiger partial charge in [0.25, 0.3) is 0 Å². The van der Waals surface area contributed by atoms with Gasteiger partial charge in [-0.3, -0.25) is 4.90 Å². The average molecular weight is 293 g/mol. The van der Waals surface area contributed by atoms with E-state index < -0.39 is 0 Å². The molecule has 0 aliphatic carbocycles. The van der Waals surface area contributed by atoms with Crippen LogP contribution in [0.3, 0.4) is 0 Å². The number of furan rings is 1. The summed E-state index contributed by atoms with van der Waals surface area (Å²) < 4.78 is 5.93. The van der Waals surface area contributed by atoms with Crippen LogP contribution in [0.4, 0.5) is 0 Å². The van der Waals surface area contributed by atoms with E-state index in [2.05, 4.69) is 55.2 Å². The molecule has 0 atom stereocenters. The molecule has 0 amide bonds. The molecule has 1 fully saturated rings. The third-order valence-electron chi connectivity index (χ3n) is 4.24. The van der Waals surface area contributed by atoms with E-state index in [1.807, 2.05) is 0 Å². The number of hydrogen-bond acceptors (Lipinski definition) is 4. The van der Waals surface area contributed by atoms with E-state index in [0.717, 1.165) is 37.2 Å². The Balaban J connectivity index is 1.73. The molecule has 1 aliphatic heterocycles. The summed E-state index contributed by atoms with van der Waals surface area (Å²) in [4.78, 5) is 4.85. The lowest BCUT2D eigenvalue weighted by Crippen LogP contribution is -2.41. The van der Waals surface area contributed by atoms with E-state index in [9.17, 15) is 0 Å². The lowest BCUT2D eigenvalue weighted by atomic mass is 10.0. The van der Waals surface area contributed by atoms with Gasteiger partial charge in [0.05, 0.1) is 13.1 Å². The molecule has 21 heavy (non-hydrogen) atoms. The Morgan fingerprint density at radius 3 is 2.52 bits per heavy atom. The second-order valence-electron chi connectivity index (χ2n) is 6.86. The minimum absolute atomic E-state index is 0.678. The van der Waals surface area contributed by atoms with Crippen LogP contribution in [0.5, 0.6) is 0 Å². The van der Waals surface area contributed by atoms with Gasteiger partial charge in [0.2, 0.25) is 0 Å². The van der Waals surface area contributed by atoms with Crippen LogP contribution in [0.25, 0.3) is 0 Å². The molecule has 2 heterocycles. The van der Waals surface area contributed by atoms with Crippen LogP contribution in [0, 0.1) is 5.92 Å². The van der Waals surface area contributed by atoms with Crippen LogP contribution < -0.4 is 5.32 Å². The highest BCUT2D eigenvalue weighted by Gasteiger charge is 2.21. The summed E-state index contributed by atoms with van der Waals surface area (Å²) in [5.74, 6) is 2.82. The van der Waals surface area contributed by atoms with Crippen molar-refractivity contribution in [1.29, 1.82) is 0 Å². The number of piperidine rings is 1. The lowest BCUT2D eigenvalue weighted by molar-refractivity contribution is 0.133. The molecule has 4 nitrogen and oxygen atoms in total. The van der Waals surface area contributed by atoms with Crippen molar-refractivity contribution in [3.05, 3.63) is 23.7 Å².